The van der Waals surface area contributed by atoms with E-state index in [2.05, 4.69) is 57.6 Å². The van der Waals surface area contributed by atoms with Crippen molar-refractivity contribution in [3.63, 3.8) is 0 Å². The number of nitrogens with zero attached hydrogens (tertiary/aromatic N) is 5. The van der Waals surface area contributed by atoms with Gasteiger partial charge in [0.05, 0.1) is 17.9 Å². The van der Waals surface area contributed by atoms with Gasteiger partial charge in [0.2, 0.25) is 0 Å². The minimum atomic E-state index is 0.613. The number of aryl methyl sites for hydroxylation is 3. The zero-order chi connectivity index (χ0) is 19.8. The number of hydrogen-bond donors (Lipinski definition) is 2. The third-order valence-corrected chi connectivity index (χ3v) is 4.39. The Balaban J connectivity index is 1.54. The Morgan fingerprint density at radius 1 is 1.14 bits per heavy atom. The number of hydrogen-bond acceptors (Lipinski definition) is 3. The van der Waals surface area contributed by atoms with Gasteiger partial charge in [-0.3, -0.25) is 4.68 Å². The van der Waals surface area contributed by atoms with Gasteiger partial charge in [0.15, 0.2) is 5.96 Å². The summed E-state index contributed by atoms with van der Waals surface area (Å²) in [4.78, 5) is 4.71. The molecule has 2 aromatic heterocycles. The van der Waals surface area contributed by atoms with Gasteiger partial charge in [0.25, 0.3) is 0 Å². The fraction of sp³-hybridized carbons (Fsp3) is 0.381. The molecule has 148 valence electrons. The molecule has 0 aliphatic carbocycles. The van der Waals surface area contributed by atoms with Crippen LogP contribution in [-0.4, -0.2) is 38.6 Å². The van der Waals surface area contributed by atoms with Crippen LogP contribution in [0.2, 0.25) is 0 Å². The summed E-state index contributed by atoms with van der Waals surface area (Å²) in [5.74, 6) is 0.834. The highest BCUT2D eigenvalue weighted by Crippen LogP contribution is 2.10. The van der Waals surface area contributed by atoms with E-state index in [1.54, 1.807) is 6.20 Å². The Kier molecular flexibility index (Phi) is 6.84. The molecular formula is C21H29N7. The predicted molar refractivity (Wildman–Crippen MR) is 113 cm³/mol. The number of aliphatic imine (C=N–C) groups is 1. The van der Waals surface area contributed by atoms with Crippen molar-refractivity contribution in [3.8, 4) is 5.69 Å². The van der Waals surface area contributed by atoms with Gasteiger partial charge in [0, 0.05) is 37.7 Å². The Morgan fingerprint density at radius 3 is 2.75 bits per heavy atom. The van der Waals surface area contributed by atoms with Crippen LogP contribution in [0.1, 0.15) is 30.3 Å². The monoisotopic (exact) mass is 379 g/mol. The van der Waals surface area contributed by atoms with Crippen LogP contribution >= 0.6 is 0 Å². The van der Waals surface area contributed by atoms with Crippen LogP contribution in [0.5, 0.6) is 0 Å². The van der Waals surface area contributed by atoms with Crippen molar-refractivity contribution in [2.24, 2.45) is 4.99 Å². The first-order valence-electron chi connectivity index (χ1n) is 9.78. The zero-order valence-electron chi connectivity index (χ0n) is 16.9. The van der Waals surface area contributed by atoms with Crippen molar-refractivity contribution in [2.75, 3.05) is 13.1 Å². The third kappa shape index (κ3) is 5.45. The van der Waals surface area contributed by atoms with Crippen LogP contribution in [0.25, 0.3) is 5.69 Å². The average molecular weight is 380 g/mol. The molecule has 0 aliphatic heterocycles. The SMILES string of the molecule is CCNC(=NCc1cccc(-n2cccn2)c1)NCCCn1nc(C)cc1C. The molecular weight excluding hydrogens is 350 g/mol. The molecule has 2 N–H and O–H groups in total. The highest BCUT2D eigenvalue weighted by atomic mass is 15.3. The molecule has 28 heavy (non-hydrogen) atoms. The molecule has 3 rings (SSSR count). The minimum absolute atomic E-state index is 0.613. The number of aromatic nitrogens is 4. The smallest absolute Gasteiger partial charge is 0.191 e. The molecule has 0 spiro atoms. The van der Waals surface area contributed by atoms with Gasteiger partial charge in [-0.25, -0.2) is 9.67 Å². The van der Waals surface area contributed by atoms with Crippen molar-refractivity contribution in [3.05, 3.63) is 65.7 Å². The number of benzene rings is 1. The van der Waals surface area contributed by atoms with Gasteiger partial charge in [-0.1, -0.05) is 12.1 Å². The van der Waals surface area contributed by atoms with Crippen LogP contribution in [0.15, 0.2) is 53.8 Å². The average Bonchev–Trinajstić information content (AvgIpc) is 3.33. The van der Waals surface area contributed by atoms with Crippen LogP contribution in [0.3, 0.4) is 0 Å². The van der Waals surface area contributed by atoms with Crippen molar-refractivity contribution < 1.29 is 0 Å². The second-order valence-electron chi connectivity index (χ2n) is 6.75. The Labute approximate surface area is 166 Å². The molecule has 1 aromatic carbocycles. The van der Waals surface area contributed by atoms with Gasteiger partial charge < -0.3 is 10.6 Å². The highest BCUT2D eigenvalue weighted by molar-refractivity contribution is 5.79. The molecule has 2 heterocycles. The summed E-state index contributed by atoms with van der Waals surface area (Å²) in [5, 5.41) is 15.5. The van der Waals surface area contributed by atoms with E-state index in [0.717, 1.165) is 49.0 Å². The van der Waals surface area contributed by atoms with Gasteiger partial charge in [-0.05, 0) is 57.0 Å². The zero-order valence-corrected chi connectivity index (χ0v) is 16.9. The summed E-state index contributed by atoms with van der Waals surface area (Å²) in [6.07, 6.45) is 4.71. The first-order chi connectivity index (χ1) is 13.7. The van der Waals surface area contributed by atoms with Crippen LogP contribution in [0.4, 0.5) is 0 Å². The molecule has 0 unspecified atom stereocenters. The molecule has 0 aliphatic rings. The molecule has 7 nitrogen and oxygen atoms in total. The molecule has 0 saturated heterocycles. The van der Waals surface area contributed by atoms with Gasteiger partial charge in [0.1, 0.15) is 0 Å². The van der Waals surface area contributed by atoms with Crippen LogP contribution in [0, 0.1) is 13.8 Å². The maximum absolute atomic E-state index is 4.71. The fourth-order valence-electron chi connectivity index (χ4n) is 3.07. The maximum atomic E-state index is 4.71. The Bertz CT molecular complexity index is 893. The summed E-state index contributed by atoms with van der Waals surface area (Å²) in [5.41, 5.74) is 4.46. The summed E-state index contributed by atoms with van der Waals surface area (Å²) in [6, 6.07) is 12.3. The van der Waals surface area contributed by atoms with Crippen LogP contribution in [-0.2, 0) is 13.1 Å². The van der Waals surface area contributed by atoms with E-state index in [0.29, 0.717) is 6.54 Å². The topological polar surface area (TPSA) is 72.1 Å². The number of guanidine groups is 1. The normalized spacial score (nSPS) is 11.6. The lowest BCUT2D eigenvalue weighted by atomic mass is 10.2. The van der Waals surface area contributed by atoms with E-state index < -0.39 is 0 Å². The van der Waals surface area contributed by atoms with E-state index in [4.69, 9.17) is 4.99 Å². The number of rotatable bonds is 8. The summed E-state index contributed by atoms with van der Waals surface area (Å²) in [7, 11) is 0. The fourth-order valence-corrected chi connectivity index (χ4v) is 3.07. The first-order valence-corrected chi connectivity index (χ1v) is 9.78. The Morgan fingerprint density at radius 2 is 2.04 bits per heavy atom. The summed E-state index contributed by atoms with van der Waals surface area (Å²) in [6.45, 7) is 9.38. The van der Waals surface area contributed by atoms with Crippen molar-refractivity contribution in [1.29, 1.82) is 0 Å². The maximum Gasteiger partial charge on any atom is 0.191 e. The molecule has 0 bridgehead atoms. The summed E-state index contributed by atoms with van der Waals surface area (Å²) < 4.78 is 3.91. The highest BCUT2D eigenvalue weighted by Gasteiger charge is 2.02. The molecule has 0 fully saturated rings. The van der Waals surface area contributed by atoms with Gasteiger partial charge in [-0.2, -0.15) is 10.2 Å². The van der Waals surface area contributed by atoms with Crippen molar-refractivity contribution in [1.82, 2.24) is 30.2 Å². The standard InChI is InChI=1S/C21H29N7/c1-4-22-21(23-10-6-12-27-18(3)14-17(2)26-27)24-16-19-8-5-9-20(15-19)28-13-7-11-25-28/h5,7-9,11,13-15H,4,6,10,12,16H2,1-3H3,(H2,22,23,24). The predicted octanol–water partition coefficient (Wildman–Crippen LogP) is 2.83. The lowest BCUT2D eigenvalue weighted by Gasteiger charge is -2.12. The van der Waals surface area contributed by atoms with E-state index >= 15 is 0 Å². The lowest BCUT2D eigenvalue weighted by Crippen LogP contribution is -2.38. The minimum Gasteiger partial charge on any atom is -0.357 e. The van der Waals surface area contributed by atoms with Crippen molar-refractivity contribution >= 4 is 5.96 Å². The first kappa shape index (κ1) is 19.7. The molecule has 0 amide bonds. The van der Waals surface area contributed by atoms with Crippen molar-refractivity contribution in [2.45, 2.75) is 40.3 Å². The number of nitrogens with one attached hydrogen (secondary N) is 2. The van der Waals surface area contributed by atoms with Gasteiger partial charge >= 0.3 is 0 Å². The second-order valence-corrected chi connectivity index (χ2v) is 6.75. The molecule has 3 aromatic rings. The van der Waals surface area contributed by atoms with E-state index in [1.165, 1.54) is 5.69 Å². The lowest BCUT2D eigenvalue weighted by molar-refractivity contribution is 0.555. The Hall–Kier alpha value is -3.09. The molecule has 0 saturated carbocycles. The van der Waals surface area contributed by atoms with E-state index in [1.807, 2.05) is 36.0 Å². The second kappa shape index (κ2) is 9.73. The largest absolute Gasteiger partial charge is 0.357 e. The molecule has 0 radical (unpaired) electrons. The van der Waals surface area contributed by atoms with Crippen LogP contribution < -0.4 is 10.6 Å². The van der Waals surface area contributed by atoms with Gasteiger partial charge in [-0.15, -0.1) is 0 Å². The molecule has 0 atom stereocenters. The third-order valence-electron chi connectivity index (χ3n) is 4.39. The molecule has 7 heteroatoms. The van der Waals surface area contributed by atoms with E-state index in [-0.39, 0.29) is 0 Å². The van der Waals surface area contributed by atoms with E-state index in [9.17, 15) is 0 Å². The quantitative estimate of drug-likeness (QED) is 0.359. The summed E-state index contributed by atoms with van der Waals surface area (Å²) >= 11 is 0.